The lowest BCUT2D eigenvalue weighted by atomic mass is 9.71. The van der Waals surface area contributed by atoms with Gasteiger partial charge in [0.05, 0.1) is 23.7 Å². The van der Waals surface area contributed by atoms with Crippen LogP contribution in [0.2, 0.25) is 0 Å². The molecule has 1 N–H and O–H groups in total. The molecule has 0 aromatic heterocycles. The summed E-state index contributed by atoms with van der Waals surface area (Å²) in [6.07, 6.45) is 2.42. The number of dihydropyridines is 1. The maximum atomic E-state index is 13.8. The zero-order valence-corrected chi connectivity index (χ0v) is 21.4. The minimum absolute atomic E-state index is 0.0636. The van der Waals surface area contributed by atoms with Crippen LogP contribution in [0.5, 0.6) is 5.75 Å². The van der Waals surface area contributed by atoms with Gasteiger partial charge in [0.1, 0.15) is 12.4 Å². The minimum Gasteiger partial charge on any atom is -0.496 e. The van der Waals surface area contributed by atoms with Gasteiger partial charge in [-0.05, 0) is 43.4 Å². The van der Waals surface area contributed by atoms with Crippen LogP contribution in [0.25, 0.3) is 0 Å². The predicted molar refractivity (Wildman–Crippen MR) is 139 cm³/mol. The second kappa shape index (κ2) is 10.8. The molecule has 3 unspecified atom stereocenters. The number of carbonyl (C=O) groups is 2. The molecule has 2 aromatic carbocycles. The molecule has 1 aliphatic carbocycles. The van der Waals surface area contributed by atoms with Crippen LogP contribution in [0.15, 0.2) is 71.1 Å². The van der Waals surface area contributed by atoms with Gasteiger partial charge >= 0.3 is 5.97 Å². The lowest BCUT2D eigenvalue weighted by molar-refractivity contribution is -0.384. The zero-order chi connectivity index (χ0) is 26.8. The molecule has 2 heterocycles. The Morgan fingerprint density at radius 1 is 1.16 bits per heavy atom. The normalized spacial score (nSPS) is 23.1. The Morgan fingerprint density at radius 2 is 1.92 bits per heavy atom. The Hall–Kier alpha value is -3.98. The molecule has 2 aliphatic heterocycles. The lowest BCUT2D eigenvalue weighted by Crippen LogP contribution is -2.36. The molecule has 0 saturated carbocycles. The van der Waals surface area contributed by atoms with Crippen molar-refractivity contribution < 1.29 is 28.7 Å². The van der Waals surface area contributed by atoms with Crippen molar-refractivity contribution in [1.29, 1.82) is 0 Å². The Bertz CT molecular complexity index is 1320. The van der Waals surface area contributed by atoms with Gasteiger partial charge in [0.15, 0.2) is 5.78 Å². The molecule has 1 fully saturated rings. The molecule has 0 spiro atoms. The fourth-order valence-electron chi connectivity index (χ4n) is 5.68. The largest absolute Gasteiger partial charge is 0.496 e. The highest BCUT2D eigenvalue weighted by Gasteiger charge is 2.42. The van der Waals surface area contributed by atoms with Crippen LogP contribution >= 0.6 is 0 Å². The van der Waals surface area contributed by atoms with E-state index in [0.717, 1.165) is 29.9 Å². The van der Waals surface area contributed by atoms with E-state index in [1.807, 2.05) is 24.3 Å². The second-order valence-corrected chi connectivity index (χ2v) is 9.84. The number of esters is 1. The van der Waals surface area contributed by atoms with Gasteiger partial charge < -0.3 is 19.5 Å². The Morgan fingerprint density at radius 3 is 2.61 bits per heavy atom. The van der Waals surface area contributed by atoms with Crippen LogP contribution in [0.3, 0.4) is 0 Å². The molecule has 9 heteroatoms. The van der Waals surface area contributed by atoms with Crippen molar-refractivity contribution in [2.24, 2.45) is 0 Å². The van der Waals surface area contributed by atoms with E-state index in [0.29, 0.717) is 35.4 Å². The number of allylic oxidation sites excluding steroid dienone is 3. The number of nitro groups is 1. The number of hydrogen-bond acceptors (Lipinski definition) is 8. The summed E-state index contributed by atoms with van der Waals surface area (Å²) in [6, 6.07) is 13.7. The van der Waals surface area contributed by atoms with Crippen molar-refractivity contribution >= 4 is 17.4 Å². The van der Waals surface area contributed by atoms with E-state index in [4.69, 9.17) is 14.2 Å². The smallest absolute Gasteiger partial charge is 0.336 e. The van der Waals surface area contributed by atoms with E-state index in [9.17, 15) is 19.7 Å². The van der Waals surface area contributed by atoms with E-state index in [1.54, 1.807) is 26.2 Å². The summed E-state index contributed by atoms with van der Waals surface area (Å²) >= 11 is 0. The maximum absolute atomic E-state index is 13.8. The van der Waals surface area contributed by atoms with Gasteiger partial charge in [-0.25, -0.2) is 4.79 Å². The van der Waals surface area contributed by atoms with Crippen molar-refractivity contribution in [3.8, 4) is 5.75 Å². The molecule has 9 nitrogen and oxygen atoms in total. The first-order chi connectivity index (χ1) is 18.4. The molecular formula is C29H30N2O7. The van der Waals surface area contributed by atoms with Gasteiger partial charge in [-0.15, -0.1) is 0 Å². The highest BCUT2D eigenvalue weighted by molar-refractivity contribution is 6.04. The molecular weight excluding hydrogens is 488 g/mol. The third kappa shape index (κ3) is 4.93. The molecule has 2 aromatic rings. The number of non-ortho nitro benzene ring substituents is 1. The Kier molecular flexibility index (Phi) is 7.28. The number of nitrogens with one attached hydrogen (secondary N) is 1. The van der Waals surface area contributed by atoms with Gasteiger partial charge in [-0.2, -0.15) is 0 Å². The molecule has 0 radical (unpaired) electrons. The number of hydrogen-bond donors (Lipinski definition) is 1. The molecule has 1 saturated heterocycles. The highest BCUT2D eigenvalue weighted by Crippen LogP contribution is 2.47. The Balaban J connectivity index is 1.52. The molecule has 0 bridgehead atoms. The number of rotatable bonds is 7. The van der Waals surface area contributed by atoms with Crippen molar-refractivity contribution in [3.05, 3.63) is 92.3 Å². The minimum atomic E-state index is -0.699. The van der Waals surface area contributed by atoms with Gasteiger partial charge in [0, 0.05) is 54.0 Å². The topological polar surface area (TPSA) is 117 Å². The SMILES string of the molecule is COc1ccccc1C1CC(=O)C2=C(C1)NC(C)=C(C(=O)OCC1CCCO1)C2c1ccc([N+](=O)[O-])cc1. The first-order valence-corrected chi connectivity index (χ1v) is 12.8. The number of para-hydroxylation sites is 1. The van der Waals surface area contributed by atoms with E-state index >= 15 is 0 Å². The Labute approximate surface area is 220 Å². The van der Waals surface area contributed by atoms with Crippen molar-refractivity contribution in [1.82, 2.24) is 5.32 Å². The van der Waals surface area contributed by atoms with Crippen LogP contribution < -0.4 is 10.1 Å². The van der Waals surface area contributed by atoms with Crippen LogP contribution in [0.4, 0.5) is 5.69 Å². The first kappa shape index (κ1) is 25.7. The number of Topliss-reactive ketones (excluding diaryl/α,β-unsaturated/α-hetero) is 1. The lowest BCUT2D eigenvalue weighted by Gasteiger charge is -2.37. The number of nitrogens with zero attached hydrogens (tertiary/aromatic N) is 1. The van der Waals surface area contributed by atoms with Gasteiger partial charge in [0.25, 0.3) is 5.69 Å². The van der Waals surface area contributed by atoms with Gasteiger partial charge in [0.2, 0.25) is 0 Å². The van der Waals surface area contributed by atoms with Crippen LogP contribution in [-0.2, 0) is 19.1 Å². The molecule has 3 aliphatic rings. The zero-order valence-electron chi connectivity index (χ0n) is 21.4. The average molecular weight is 519 g/mol. The molecule has 0 amide bonds. The van der Waals surface area contributed by atoms with Crippen LogP contribution in [0.1, 0.15) is 55.6 Å². The second-order valence-electron chi connectivity index (χ2n) is 9.84. The molecule has 3 atom stereocenters. The summed E-state index contributed by atoms with van der Waals surface area (Å²) < 4.78 is 16.8. The quantitative estimate of drug-likeness (QED) is 0.319. The summed E-state index contributed by atoms with van der Waals surface area (Å²) in [5.74, 6) is -0.684. The number of ketones is 1. The van der Waals surface area contributed by atoms with E-state index in [1.165, 1.54) is 12.1 Å². The standard InChI is InChI=1S/C29H30N2O7/c1-17-26(29(33)38-16-21-6-5-13-37-21)27(18-9-11-20(12-10-18)31(34)35)28-23(30-17)14-19(15-24(28)32)22-7-3-4-8-25(22)36-2/h3-4,7-12,19,21,27,30H,5-6,13-16H2,1-2H3. The average Bonchev–Trinajstić information content (AvgIpc) is 3.44. The van der Waals surface area contributed by atoms with Crippen molar-refractivity contribution in [2.75, 3.05) is 20.3 Å². The number of carbonyl (C=O) groups excluding carboxylic acids is 2. The summed E-state index contributed by atoms with van der Waals surface area (Å²) in [5, 5.41) is 14.6. The van der Waals surface area contributed by atoms with E-state index in [2.05, 4.69) is 5.32 Å². The van der Waals surface area contributed by atoms with Gasteiger partial charge in [-0.1, -0.05) is 30.3 Å². The number of nitro benzene ring substituents is 1. The summed E-state index contributed by atoms with van der Waals surface area (Å²) in [5.41, 5.74) is 3.68. The third-order valence-corrected chi connectivity index (χ3v) is 7.49. The molecule has 38 heavy (non-hydrogen) atoms. The van der Waals surface area contributed by atoms with Crippen LogP contribution in [0, 0.1) is 10.1 Å². The monoisotopic (exact) mass is 518 g/mol. The van der Waals surface area contributed by atoms with Crippen LogP contribution in [-0.4, -0.2) is 43.1 Å². The van der Waals surface area contributed by atoms with Gasteiger partial charge in [-0.3, -0.25) is 14.9 Å². The predicted octanol–water partition coefficient (Wildman–Crippen LogP) is 4.69. The molecule has 198 valence electrons. The maximum Gasteiger partial charge on any atom is 0.336 e. The summed E-state index contributed by atoms with van der Waals surface area (Å²) in [4.78, 5) is 38.0. The first-order valence-electron chi connectivity index (χ1n) is 12.8. The number of methoxy groups -OCH3 is 1. The van der Waals surface area contributed by atoms with Crippen molar-refractivity contribution in [2.45, 2.75) is 50.5 Å². The molecule has 5 rings (SSSR count). The van der Waals surface area contributed by atoms with E-state index in [-0.39, 0.29) is 36.5 Å². The third-order valence-electron chi connectivity index (χ3n) is 7.49. The summed E-state index contributed by atoms with van der Waals surface area (Å²) in [7, 11) is 1.61. The summed E-state index contributed by atoms with van der Waals surface area (Å²) in [6.45, 7) is 2.58. The van der Waals surface area contributed by atoms with E-state index < -0.39 is 16.8 Å². The fourth-order valence-corrected chi connectivity index (χ4v) is 5.68. The fraction of sp³-hybridized carbons (Fsp3) is 0.379. The number of benzene rings is 2. The van der Waals surface area contributed by atoms with Crippen molar-refractivity contribution in [3.63, 3.8) is 0 Å². The number of ether oxygens (including phenoxy) is 3. The highest BCUT2D eigenvalue weighted by atomic mass is 16.6.